The zero-order chi connectivity index (χ0) is 11.5. The van der Waals surface area contributed by atoms with Crippen molar-refractivity contribution < 1.29 is 4.39 Å². The lowest BCUT2D eigenvalue weighted by Crippen LogP contribution is -2.48. The second-order valence-electron chi connectivity index (χ2n) is 4.33. The SMILES string of the molecule is C[C@H]1CN(Cc2cc(F)ccc2Cl)CCN1. The van der Waals surface area contributed by atoms with Crippen LogP contribution in [0.5, 0.6) is 0 Å². The summed E-state index contributed by atoms with van der Waals surface area (Å²) in [4.78, 5) is 2.29. The molecular weight excluding hydrogens is 227 g/mol. The van der Waals surface area contributed by atoms with Crippen LogP contribution in [-0.4, -0.2) is 30.6 Å². The molecule has 2 nitrogen and oxygen atoms in total. The van der Waals surface area contributed by atoms with Gasteiger partial charge in [-0.25, -0.2) is 4.39 Å². The van der Waals surface area contributed by atoms with Gasteiger partial charge in [-0.15, -0.1) is 0 Å². The van der Waals surface area contributed by atoms with E-state index in [-0.39, 0.29) is 5.82 Å². The molecule has 0 bridgehead atoms. The molecule has 88 valence electrons. The topological polar surface area (TPSA) is 15.3 Å². The summed E-state index contributed by atoms with van der Waals surface area (Å²) in [5.41, 5.74) is 0.871. The maximum atomic E-state index is 13.1. The molecule has 0 unspecified atom stereocenters. The Kier molecular flexibility index (Phi) is 3.79. The van der Waals surface area contributed by atoms with Crippen molar-refractivity contribution in [1.82, 2.24) is 10.2 Å². The summed E-state index contributed by atoms with van der Waals surface area (Å²) in [6.07, 6.45) is 0. The Labute approximate surface area is 100 Å². The Bertz CT molecular complexity index is 370. The molecule has 1 heterocycles. The maximum absolute atomic E-state index is 13.1. The molecule has 2 rings (SSSR count). The molecule has 0 aliphatic carbocycles. The van der Waals surface area contributed by atoms with E-state index in [0.717, 1.165) is 31.7 Å². The third-order valence-corrected chi connectivity index (χ3v) is 3.22. The van der Waals surface area contributed by atoms with Gasteiger partial charge in [0.15, 0.2) is 0 Å². The summed E-state index contributed by atoms with van der Waals surface area (Å²) in [5.74, 6) is -0.220. The Morgan fingerprint density at radius 3 is 3.12 bits per heavy atom. The van der Waals surface area contributed by atoms with Gasteiger partial charge in [0, 0.05) is 37.2 Å². The first-order valence-electron chi connectivity index (χ1n) is 5.55. The van der Waals surface area contributed by atoms with Crippen molar-refractivity contribution in [3.63, 3.8) is 0 Å². The molecular formula is C12H16ClFN2. The highest BCUT2D eigenvalue weighted by atomic mass is 35.5. The minimum atomic E-state index is -0.220. The number of piperazine rings is 1. The van der Waals surface area contributed by atoms with E-state index in [4.69, 9.17) is 11.6 Å². The Balaban J connectivity index is 2.05. The molecule has 0 aromatic heterocycles. The summed E-state index contributed by atoms with van der Waals surface area (Å²) in [5, 5.41) is 4.02. The van der Waals surface area contributed by atoms with Gasteiger partial charge in [-0.1, -0.05) is 11.6 Å². The van der Waals surface area contributed by atoms with Crippen LogP contribution in [0.4, 0.5) is 4.39 Å². The number of hydrogen-bond donors (Lipinski definition) is 1. The van der Waals surface area contributed by atoms with Gasteiger partial charge in [0.1, 0.15) is 5.82 Å². The largest absolute Gasteiger partial charge is 0.312 e. The first-order chi connectivity index (χ1) is 7.65. The molecule has 0 saturated carbocycles. The van der Waals surface area contributed by atoms with Crippen LogP contribution in [0.15, 0.2) is 18.2 Å². The summed E-state index contributed by atoms with van der Waals surface area (Å²) in [7, 11) is 0. The van der Waals surface area contributed by atoms with Crippen molar-refractivity contribution in [2.24, 2.45) is 0 Å². The molecule has 1 aromatic rings. The van der Waals surface area contributed by atoms with Gasteiger partial charge in [-0.3, -0.25) is 4.90 Å². The predicted octanol–water partition coefficient (Wildman–Crippen LogP) is 2.27. The lowest BCUT2D eigenvalue weighted by atomic mass is 10.1. The number of nitrogens with zero attached hydrogens (tertiary/aromatic N) is 1. The number of benzene rings is 1. The van der Waals surface area contributed by atoms with E-state index in [2.05, 4.69) is 17.1 Å². The summed E-state index contributed by atoms with van der Waals surface area (Å²) in [6, 6.07) is 5.03. The zero-order valence-corrected chi connectivity index (χ0v) is 10.1. The highest BCUT2D eigenvalue weighted by Crippen LogP contribution is 2.19. The van der Waals surface area contributed by atoms with Gasteiger partial charge < -0.3 is 5.32 Å². The van der Waals surface area contributed by atoms with E-state index in [0.29, 0.717) is 11.1 Å². The number of nitrogens with one attached hydrogen (secondary N) is 1. The highest BCUT2D eigenvalue weighted by Gasteiger charge is 2.16. The van der Waals surface area contributed by atoms with Crippen LogP contribution in [0.2, 0.25) is 5.02 Å². The van der Waals surface area contributed by atoms with Crippen LogP contribution in [0.25, 0.3) is 0 Å². The van der Waals surface area contributed by atoms with E-state index in [1.807, 2.05) is 0 Å². The molecule has 1 fully saturated rings. The van der Waals surface area contributed by atoms with Gasteiger partial charge >= 0.3 is 0 Å². The fraction of sp³-hybridized carbons (Fsp3) is 0.500. The standard InChI is InChI=1S/C12H16ClFN2/c1-9-7-16(5-4-15-9)8-10-6-11(14)2-3-12(10)13/h2-3,6,9,15H,4-5,7-8H2,1H3/t9-/m0/s1. The van der Waals surface area contributed by atoms with E-state index in [1.54, 1.807) is 6.07 Å². The predicted molar refractivity (Wildman–Crippen MR) is 64.2 cm³/mol. The Morgan fingerprint density at radius 2 is 2.38 bits per heavy atom. The smallest absolute Gasteiger partial charge is 0.123 e. The van der Waals surface area contributed by atoms with Gasteiger partial charge in [-0.2, -0.15) is 0 Å². The third-order valence-electron chi connectivity index (χ3n) is 2.85. The molecule has 1 saturated heterocycles. The average molecular weight is 243 g/mol. The molecule has 16 heavy (non-hydrogen) atoms. The van der Waals surface area contributed by atoms with Crippen molar-refractivity contribution in [3.8, 4) is 0 Å². The first-order valence-corrected chi connectivity index (χ1v) is 5.92. The molecule has 1 N–H and O–H groups in total. The quantitative estimate of drug-likeness (QED) is 0.856. The number of hydrogen-bond acceptors (Lipinski definition) is 2. The van der Waals surface area contributed by atoms with Crippen molar-refractivity contribution in [2.75, 3.05) is 19.6 Å². The van der Waals surface area contributed by atoms with E-state index in [9.17, 15) is 4.39 Å². The van der Waals surface area contributed by atoms with Crippen LogP contribution in [0.3, 0.4) is 0 Å². The summed E-state index contributed by atoms with van der Waals surface area (Å²) < 4.78 is 13.1. The summed E-state index contributed by atoms with van der Waals surface area (Å²) in [6.45, 7) is 5.82. The Hall–Kier alpha value is -0.640. The second kappa shape index (κ2) is 5.13. The van der Waals surface area contributed by atoms with E-state index >= 15 is 0 Å². The van der Waals surface area contributed by atoms with Gasteiger partial charge in [0.2, 0.25) is 0 Å². The van der Waals surface area contributed by atoms with Crippen molar-refractivity contribution in [3.05, 3.63) is 34.6 Å². The molecule has 0 spiro atoms. The second-order valence-corrected chi connectivity index (χ2v) is 4.73. The van der Waals surface area contributed by atoms with E-state index < -0.39 is 0 Å². The molecule has 0 amide bonds. The van der Waals surface area contributed by atoms with Crippen LogP contribution in [0.1, 0.15) is 12.5 Å². The first kappa shape index (κ1) is 11.8. The number of halogens is 2. The van der Waals surface area contributed by atoms with Crippen molar-refractivity contribution in [2.45, 2.75) is 19.5 Å². The number of rotatable bonds is 2. The van der Waals surface area contributed by atoms with Crippen molar-refractivity contribution in [1.29, 1.82) is 0 Å². The lowest BCUT2D eigenvalue weighted by Gasteiger charge is -2.32. The normalized spacial score (nSPS) is 22.3. The van der Waals surface area contributed by atoms with E-state index in [1.165, 1.54) is 12.1 Å². The maximum Gasteiger partial charge on any atom is 0.123 e. The molecule has 1 aliphatic heterocycles. The van der Waals surface area contributed by atoms with Gasteiger partial charge in [0.25, 0.3) is 0 Å². The molecule has 4 heteroatoms. The van der Waals surface area contributed by atoms with Gasteiger partial charge in [0.05, 0.1) is 0 Å². The van der Waals surface area contributed by atoms with Gasteiger partial charge in [-0.05, 0) is 30.7 Å². The minimum Gasteiger partial charge on any atom is -0.312 e. The average Bonchev–Trinajstić information content (AvgIpc) is 2.24. The van der Waals surface area contributed by atoms with Crippen molar-refractivity contribution >= 4 is 11.6 Å². The van der Waals surface area contributed by atoms with Crippen LogP contribution in [0, 0.1) is 5.82 Å². The zero-order valence-electron chi connectivity index (χ0n) is 9.34. The highest BCUT2D eigenvalue weighted by molar-refractivity contribution is 6.31. The van der Waals surface area contributed by atoms with Crippen LogP contribution in [-0.2, 0) is 6.54 Å². The van der Waals surface area contributed by atoms with Crippen LogP contribution < -0.4 is 5.32 Å². The fourth-order valence-electron chi connectivity index (χ4n) is 2.06. The minimum absolute atomic E-state index is 0.220. The molecule has 1 aromatic carbocycles. The molecule has 0 radical (unpaired) electrons. The molecule has 1 aliphatic rings. The monoisotopic (exact) mass is 242 g/mol. The van der Waals surface area contributed by atoms with Crippen LogP contribution >= 0.6 is 11.6 Å². The third kappa shape index (κ3) is 2.94. The lowest BCUT2D eigenvalue weighted by molar-refractivity contribution is 0.199. The fourth-order valence-corrected chi connectivity index (χ4v) is 2.24. The summed E-state index contributed by atoms with van der Waals surface area (Å²) >= 11 is 6.04. The molecule has 1 atom stereocenters. The Morgan fingerprint density at radius 1 is 1.56 bits per heavy atom.